The largest absolute Gasteiger partial charge is 0.362 e. The lowest BCUT2D eigenvalue weighted by atomic mass is 9.96. The van der Waals surface area contributed by atoms with Crippen LogP contribution in [0.1, 0.15) is 40.7 Å². The molecule has 0 bridgehead atoms. The Morgan fingerprint density at radius 1 is 1.35 bits per heavy atom. The maximum atomic E-state index is 12.5. The molecule has 0 unspecified atom stereocenters. The molecular formula is C17H20ClN3OS. The van der Waals surface area contributed by atoms with Gasteiger partial charge in [0.05, 0.1) is 5.69 Å². The average Bonchev–Trinajstić information content (AvgIpc) is 3.23. The number of carbonyl (C=O) groups excluding carboxylic acids is 1. The SMILES string of the molecule is CCNc1nc(C)c(C(=O)NCC2(c3ccc(Cl)cc3)CC2)s1. The summed E-state index contributed by atoms with van der Waals surface area (Å²) >= 11 is 7.36. The number of aromatic nitrogens is 1. The van der Waals surface area contributed by atoms with E-state index in [4.69, 9.17) is 11.6 Å². The third-order valence-electron chi connectivity index (χ3n) is 4.23. The van der Waals surface area contributed by atoms with Crippen molar-refractivity contribution >= 4 is 34.0 Å². The second-order valence-electron chi connectivity index (χ2n) is 5.93. The van der Waals surface area contributed by atoms with Crippen molar-refractivity contribution in [2.24, 2.45) is 0 Å². The minimum absolute atomic E-state index is 0.0376. The third kappa shape index (κ3) is 3.51. The normalized spacial score (nSPS) is 15.3. The number of thiazole rings is 1. The summed E-state index contributed by atoms with van der Waals surface area (Å²) in [5.41, 5.74) is 2.10. The van der Waals surface area contributed by atoms with Crippen LogP contribution < -0.4 is 10.6 Å². The van der Waals surface area contributed by atoms with Crippen molar-refractivity contribution in [3.63, 3.8) is 0 Å². The zero-order valence-corrected chi connectivity index (χ0v) is 14.9. The molecule has 1 amide bonds. The molecule has 1 fully saturated rings. The van der Waals surface area contributed by atoms with Gasteiger partial charge in [-0.05, 0) is 44.4 Å². The number of hydrogen-bond donors (Lipinski definition) is 2. The fourth-order valence-electron chi connectivity index (χ4n) is 2.69. The average molecular weight is 350 g/mol. The molecule has 0 saturated heterocycles. The summed E-state index contributed by atoms with van der Waals surface area (Å²) < 4.78 is 0. The summed E-state index contributed by atoms with van der Waals surface area (Å²) in [5, 5.41) is 7.78. The van der Waals surface area contributed by atoms with Crippen molar-refractivity contribution in [2.45, 2.75) is 32.1 Å². The van der Waals surface area contributed by atoms with E-state index >= 15 is 0 Å². The Morgan fingerprint density at radius 2 is 2.04 bits per heavy atom. The number of halogens is 1. The summed E-state index contributed by atoms with van der Waals surface area (Å²) in [6.07, 6.45) is 2.19. The molecule has 23 heavy (non-hydrogen) atoms. The van der Waals surface area contributed by atoms with Crippen LogP contribution in [0.5, 0.6) is 0 Å². The molecule has 1 heterocycles. The van der Waals surface area contributed by atoms with Crippen LogP contribution in [-0.2, 0) is 5.41 Å². The molecule has 122 valence electrons. The summed E-state index contributed by atoms with van der Waals surface area (Å²) in [7, 11) is 0. The van der Waals surface area contributed by atoms with Crippen LogP contribution in [-0.4, -0.2) is 24.0 Å². The van der Waals surface area contributed by atoms with Crippen LogP contribution >= 0.6 is 22.9 Å². The number of carbonyl (C=O) groups is 1. The molecule has 0 atom stereocenters. The molecule has 6 heteroatoms. The van der Waals surface area contributed by atoms with Crippen molar-refractivity contribution < 1.29 is 4.79 Å². The van der Waals surface area contributed by atoms with Gasteiger partial charge in [-0.15, -0.1) is 0 Å². The molecule has 0 aliphatic heterocycles. The fourth-order valence-corrected chi connectivity index (χ4v) is 3.76. The highest BCUT2D eigenvalue weighted by molar-refractivity contribution is 7.17. The molecule has 0 spiro atoms. The Hall–Kier alpha value is -1.59. The molecule has 2 aromatic rings. The topological polar surface area (TPSA) is 54.0 Å². The first-order valence-electron chi connectivity index (χ1n) is 7.79. The van der Waals surface area contributed by atoms with Gasteiger partial charge in [0.2, 0.25) is 0 Å². The molecule has 4 nitrogen and oxygen atoms in total. The predicted octanol–water partition coefficient (Wildman–Crippen LogP) is 4.00. The summed E-state index contributed by atoms with van der Waals surface area (Å²) in [5.74, 6) is -0.0376. The number of nitrogens with zero attached hydrogens (tertiary/aromatic N) is 1. The Morgan fingerprint density at radius 3 is 2.65 bits per heavy atom. The number of rotatable bonds is 6. The standard InChI is InChI=1S/C17H20ClN3OS/c1-3-19-16-21-11(2)14(23-16)15(22)20-10-17(8-9-17)12-4-6-13(18)7-5-12/h4-7H,3,8-10H2,1-2H3,(H,19,21)(H,20,22). The van der Waals surface area contributed by atoms with Gasteiger partial charge < -0.3 is 10.6 Å². The van der Waals surface area contributed by atoms with Gasteiger partial charge in [-0.3, -0.25) is 4.79 Å². The summed E-state index contributed by atoms with van der Waals surface area (Å²) in [6, 6.07) is 7.94. The lowest BCUT2D eigenvalue weighted by Gasteiger charge is -2.16. The number of aryl methyl sites for hydroxylation is 1. The Balaban J connectivity index is 1.66. The van der Waals surface area contributed by atoms with Crippen molar-refractivity contribution in [1.82, 2.24) is 10.3 Å². The molecule has 3 rings (SSSR count). The van der Waals surface area contributed by atoms with Gasteiger partial charge in [-0.1, -0.05) is 35.1 Å². The Kier molecular flexibility index (Phi) is 4.60. The van der Waals surface area contributed by atoms with E-state index in [9.17, 15) is 4.79 Å². The van der Waals surface area contributed by atoms with E-state index in [-0.39, 0.29) is 11.3 Å². The maximum Gasteiger partial charge on any atom is 0.263 e. The second kappa shape index (κ2) is 6.49. The molecule has 1 aromatic heterocycles. The lowest BCUT2D eigenvalue weighted by Crippen LogP contribution is -2.32. The summed E-state index contributed by atoms with van der Waals surface area (Å²) in [6.45, 7) is 5.34. The van der Waals surface area contributed by atoms with E-state index < -0.39 is 0 Å². The highest BCUT2D eigenvalue weighted by atomic mass is 35.5. The highest BCUT2D eigenvalue weighted by Gasteiger charge is 2.44. The Labute approximate surface area is 145 Å². The molecule has 1 aliphatic carbocycles. The molecule has 2 N–H and O–H groups in total. The lowest BCUT2D eigenvalue weighted by molar-refractivity contribution is 0.0953. The van der Waals surface area contributed by atoms with Crippen molar-refractivity contribution in [3.05, 3.63) is 45.4 Å². The van der Waals surface area contributed by atoms with Crippen LogP contribution in [0, 0.1) is 6.92 Å². The third-order valence-corrected chi connectivity index (χ3v) is 5.59. The molecule has 1 saturated carbocycles. The van der Waals surface area contributed by atoms with Crippen LogP contribution in [0.2, 0.25) is 5.02 Å². The number of hydrogen-bond acceptors (Lipinski definition) is 4. The predicted molar refractivity (Wildman–Crippen MR) is 95.7 cm³/mol. The number of amides is 1. The van der Waals surface area contributed by atoms with Gasteiger partial charge in [-0.25, -0.2) is 4.98 Å². The number of nitrogens with one attached hydrogen (secondary N) is 2. The van der Waals surface area contributed by atoms with E-state index in [0.717, 1.165) is 35.2 Å². The molecular weight excluding hydrogens is 330 g/mol. The second-order valence-corrected chi connectivity index (χ2v) is 7.37. The fraction of sp³-hybridized carbons (Fsp3) is 0.412. The molecule has 1 aromatic carbocycles. The van der Waals surface area contributed by atoms with Gasteiger partial charge in [-0.2, -0.15) is 0 Å². The first-order valence-corrected chi connectivity index (χ1v) is 8.99. The number of anilines is 1. The monoisotopic (exact) mass is 349 g/mol. The van der Waals surface area contributed by atoms with Gasteiger partial charge in [0.25, 0.3) is 5.91 Å². The van der Waals surface area contributed by atoms with Crippen molar-refractivity contribution in [3.8, 4) is 0 Å². The van der Waals surface area contributed by atoms with Gasteiger partial charge in [0.1, 0.15) is 4.88 Å². The van der Waals surface area contributed by atoms with E-state index in [0.29, 0.717) is 11.4 Å². The molecule has 0 radical (unpaired) electrons. The van der Waals surface area contributed by atoms with Crippen molar-refractivity contribution in [1.29, 1.82) is 0 Å². The first kappa shape index (κ1) is 16.3. The first-order chi connectivity index (χ1) is 11.0. The van der Waals surface area contributed by atoms with Crippen LogP contribution in [0.25, 0.3) is 0 Å². The van der Waals surface area contributed by atoms with E-state index in [1.807, 2.05) is 26.0 Å². The van der Waals surface area contributed by atoms with Gasteiger partial charge in [0.15, 0.2) is 5.13 Å². The highest BCUT2D eigenvalue weighted by Crippen LogP contribution is 2.47. The van der Waals surface area contributed by atoms with Crippen molar-refractivity contribution in [2.75, 3.05) is 18.4 Å². The van der Waals surface area contributed by atoms with Crippen LogP contribution in [0.4, 0.5) is 5.13 Å². The van der Waals surface area contributed by atoms with Crippen LogP contribution in [0.3, 0.4) is 0 Å². The van der Waals surface area contributed by atoms with E-state index in [1.165, 1.54) is 16.9 Å². The van der Waals surface area contributed by atoms with Gasteiger partial charge in [0, 0.05) is 23.5 Å². The minimum atomic E-state index is -0.0376. The zero-order valence-electron chi connectivity index (χ0n) is 13.3. The maximum absolute atomic E-state index is 12.5. The Bertz CT molecular complexity index is 707. The van der Waals surface area contributed by atoms with E-state index in [2.05, 4.69) is 27.8 Å². The van der Waals surface area contributed by atoms with E-state index in [1.54, 1.807) is 0 Å². The summed E-state index contributed by atoms with van der Waals surface area (Å²) in [4.78, 5) is 17.5. The zero-order chi connectivity index (χ0) is 16.4. The smallest absolute Gasteiger partial charge is 0.263 e. The van der Waals surface area contributed by atoms with Crippen LogP contribution in [0.15, 0.2) is 24.3 Å². The molecule has 1 aliphatic rings. The quantitative estimate of drug-likeness (QED) is 0.828. The minimum Gasteiger partial charge on any atom is -0.362 e. The number of benzene rings is 1. The van der Waals surface area contributed by atoms with Gasteiger partial charge >= 0.3 is 0 Å².